The number of nitrogens with zero attached hydrogens (tertiary/aromatic N) is 3. The van der Waals surface area contributed by atoms with Gasteiger partial charge in [-0.15, -0.1) is 11.3 Å². The largest absolute Gasteiger partial charge is 0.208 e. The fourth-order valence-electron chi connectivity index (χ4n) is 5.41. The lowest BCUT2D eigenvalue weighted by atomic mass is 10.0. The number of hydrogen-bond acceptors (Lipinski definition) is 4. The predicted molar refractivity (Wildman–Crippen MR) is 172 cm³/mol. The second-order valence-corrected chi connectivity index (χ2v) is 11.2. The molecule has 0 saturated carbocycles. The molecular weight excluding hydrogens is 518 g/mol. The van der Waals surface area contributed by atoms with Crippen LogP contribution in [0, 0.1) is 0 Å². The van der Waals surface area contributed by atoms with Gasteiger partial charge in [-0.3, -0.25) is 0 Å². The lowest BCUT2D eigenvalue weighted by Crippen LogP contribution is -2.00. The first kappa shape index (κ1) is 23.7. The summed E-state index contributed by atoms with van der Waals surface area (Å²) in [7, 11) is 0. The van der Waals surface area contributed by atoms with Gasteiger partial charge in [-0.05, 0) is 40.1 Å². The Labute approximate surface area is 241 Å². The fraction of sp³-hybridized carbons (Fsp3) is 0. The molecule has 0 saturated heterocycles. The van der Waals surface area contributed by atoms with E-state index in [9.17, 15) is 0 Å². The Morgan fingerprint density at radius 2 is 0.829 bits per heavy atom. The van der Waals surface area contributed by atoms with Gasteiger partial charge in [-0.1, -0.05) is 121 Å². The molecular formula is C37H23N3S. The summed E-state index contributed by atoms with van der Waals surface area (Å²) in [5.74, 6) is 2.01. The van der Waals surface area contributed by atoms with Gasteiger partial charge in [0, 0.05) is 36.9 Å². The van der Waals surface area contributed by atoms with E-state index in [0.29, 0.717) is 17.5 Å². The normalized spacial score (nSPS) is 11.4. The van der Waals surface area contributed by atoms with E-state index in [-0.39, 0.29) is 0 Å². The van der Waals surface area contributed by atoms with Gasteiger partial charge in [0.05, 0.1) is 0 Å². The zero-order valence-electron chi connectivity index (χ0n) is 22.0. The molecule has 2 heterocycles. The number of rotatable bonds is 4. The van der Waals surface area contributed by atoms with Crippen LogP contribution in [0.5, 0.6) is 0 Å². The van der Waals surface area contributed by atoms with Crippen LogP contribution >= 0.6 is 11.3 Å². The monoisotopic (exact) mass is 541 g/mol. The molecule has 8 aromatic rings. The molecule has 0 aliphatic heterocycles. The Hall–Kier alpha value is -5.19. The van der Waals surface area contributed by atoms with E-state index in [1.54, 1.807) is 0 Å². The minimum absolute atomic E-state index is 0.669. The molecule has 0 radical (unpaired) electrons. The second-order valence-electron chi connectivity index (χ2n) is 10.1. The number of hydrogen-bond donors (Lipinski definition) is 0. The molecule has 192 valence electrons. The quantitative estimate of drug-likeness (QED) is 0.222. The first-order chi connectivity index (χ1) is 20.3. The molecule has 2 aromatic heterocycles. The predicted octanol–water partition coefficient (Wildman–Crippen LogP) is 10.1. The summed E-state index contributed by atoms with van der Waals surface area (Å²) in [6, 6.07) is 48.7. The van der Waals surface area contributed by atoms with Crippen molar-refractivity contribution < 1.29 is 0 Å². The van der Waals surface area contributed by atoms with Gasteiger partial charge in [0.2, 0.25) is 0 Å². The van der Waals surface area contributed by atoms with E-state index < -0.39 is 0 Å². The van der Waals surface area contributed by atoms with Gasteiger partial charge in [-0.2, -0.15) is 0 Å². The summed E-state index contributed by atoms with van der Waals surface area (Å²) in [6.45, 7) is 0. The fourth-order valence-corrected chi connectivity index (χ4v) is 6.59. The third-order valence-electron chi connectivity index (χ3n) is 7.51. The van der Waals surface area contributed by atoms with Gasteiger partial charge in [0.1, 0.15) is 0 Å². The van der Waals surface area contributed by atoms with Crippen molar-refractivity contribution in [3.8, 4) is 45.3 Å². The van der Waals surface area contributed by atoms with Crippen LogP contribution in [0.1, 0.15) is 0 Å². The number of benzene rings is 6. The molecule has 0 aliphatic carbocycles. The smallest absolute Gasteiger partial charge is 0.164 e. The van der Waals surface area contributed by atoms with Gasteiger partial charge < -0.3 is 0 Å². The molecule has 0 unspecified atom stereocenters. The SMILES string of the molecule is c1ccc(-c2ccc3c(c2)sc2cc(-c4nc(-c5ccccc5)nc(-c5ccc6ccccc6c5)n4)ccc23)cc1. The molecule has 0 bridgehead atoms. The standard InChI is InChI=1S/C37H23N3S/c1-3-9-24(10-4-1)28-17-19-31-32-20-18-30(23-34(32)41-33(31)22-28)37-39-35(26-12-5-2-6-13-26)38-36(40-37)29-16-15-25-11-7-8-14-27(25)21-29/h1-23H. The minimum Gasteiger partial charge on any atom is -0.208 e. The summed E-state index contributed by atoms with van der Waals surface area (Å²) in [4.78, 5) is 14.9. The van der Waals surface area contributed by atoms with Crippen molar-refractivity contribution in [2.24, 2.45) is 0 Å². The Morgan fingerprint density at radius 1 is 0.341 bits per heavy atom. The Kier molecular flexibility index (Phi) is 5.64. The van der Waals surface area contributed by atoms with Crippen LogP contribution in [-0.2, 0) is 0 Å². The van der Waals surface area contributed by atoms with E-state index in [1.807, 2.05) is 41.7 Å². The summed E-state index contributed by atoms with van der Waals surface area (Å²) in [6.07, 6.45) is 0. The number of thiophene rings is 1. The second kappa shape index (κ2) is 9.77. The van der Waals surface area contributed by atoms with E-state index in [2.05, 4.69) is 109 Å². The third-order valence-corrected chi connectivity index (χ3v) is 8.63. The maximum Gasteiger partial charge on any atom is 0.164 e. The van der Waals surface area contributed by atoms with Crippen molar-refractivity contribution in [3.05, 3.63) is 140 Å². The minimum atomic E-state index is 0.669. The third kappa shape index (κ3) is 4.35. The van der Waals surface area contributed by atoms with Gasteiger partial charge in [-0.25, -0.2) is 15.0 Å². The molecule has 8 rings (SSSR count). The maximum absolute atomic E-state index is 5.00. The van der Waals surface area contributed by atoms with Crippen LogP contribution < -0.4 is 0 Å². The molecule has 3 nitrogen and oxygen atoms in total. The van der Waals surface area contributed by atoms with Crippen LogP contribution in [0.4, 0.5) is 0 Å². The first-order valence-electron chi connectivity index (χ1n) is 13.6. The average Bonchev–Trinajstić information content (AvgIpc) is 3.42. The summed E-state index contributed by atoms with van der Waals surface area (Å²) in [5.41, 5.74) is 5.38. The molecule has 6 aromatic carbocycles. The zero-order valence-corrected chi connectivity index (χ0v) is 22.8. The van der Waals surface area contributed by atoms with Crippen molar-refractivity contribution in [1.82, 2.24) is 15.0 Å². The van der Waals surface area contributed by atoms with Crippen molar-refractivity contribution in [3.63, 3.8) is 0 Å². The molecule has 41 heavy (non-hydrogen) atoms. The molecule has 0 spiro atoms. The molecule has 4 heteroatoms. The van der Waals surface area contributed by atoms with Crippen LogP contribution in [0.2, 0.25) is 0 Å². The van der Waals surface area contributed by atoms with Crippen molar-refractivity contribution in [2.45, 2.75) is 0 Å². The van der Waals surface area contributed by atoms with Crippen molar-refractivity contribution >= 4 is 42.3 Å². The van der Waals surface area contributed by atoms with Crippen LogP contribution in [-0.4, -0.2) is 15.0 Å². The van der Waals surface area contributed by atoms with E-state index in [0.717, 1.165) is 22.1 Å². The highest BCUT2D eigenvalue weighted by Crippen LogP contribution is 2.38. The molecule has 0 fully saturated rings. The molecule has 0 N–H and O–H groups in total. The lowest BCUT2D eigenvalue weighted by molar-refractivity contribution is 1.08. The van der Waals surface area contributed by atoms with Crippen LogP contribution in [0.3, 0.4) is 0 Å². The highest BCUT2D eigenvalue weighted by molar-refractivity contribution is 7.25. The lowest BCUT2D eigenvalue weighted by Gasteiger charge is -2.09. The van der Waals surface area contributed by atoms with E-state index >= 15 is 0 Å². The number of fused-ring (bicyclic) bond motifs is 4. The molecule has 0 amide bonds. The maximum atomic E-state index is 5.00. The van der Waals surface area contributed by atoms with Gasteiger partial charge >= 0.3 is 0 Å². The summed E-state index contributed by atoms with van der Waals surface area (Å²) in [5, 5.41) is 4.88. The summed E-state index contributed by atoms with van der Waals surface area (Å²) >= 11 is 1.81. The highest BCUT2D eigenvalue weighted by atomic mass is 32.1. The topological polar surface area (TPSA) is 38.7 Å². The Balaban J connectivity index is 1.27. The van der Waals surface area contributed by atoms with Gasteiger partial charge in [0.25, 0.3) is 0 Å². The molecule has 0 aliphatic rings. The van der Waals surface area contributed by atoms with Crippen LogP contribution in [0.25, 0.3) is 76.2 Å². The Morgan fingerprint density at radius 3 is 1.51 bits per heavy atom. The van der Waals surface area contributed by atoms with E-state index in [4.69, 9.17) is 15.0 Å². The van der Waals surface area contributed by atoms with Crippen molar-refractivity contribution in [1.29, 1.82) is 0 Å². The first-order valence-corrected chi connectivity index (χ1v) is 14.4. The molecule has 0 atom stereocenters. The number of aromatic nitrogens is 3. The summed E-state index contributed by atoms with van der Waals surface area (Å²) < 4.78 is 2.49. The van der Waals surface area contributed by atoms with Gasteiger partial charge in [0.15, 0.2) is 17.5 Å². The Bertz CT molecular complexity index is 2200. The van der Waals surface area contributed by atoms with E-state index in [1.165, 1.54) is 36.7 Å². The van der Waals surface area contributed by atoms with Crippen molar-refractivity contribution in [2.75, 3.05) is 0 Å². The average molecular weight is 542 g/mol. The highest BCUT2D eigenvalue weighted by Gasteiger charge is 2.14. The van der Waals surface area contributed by atoms with Crippen LogP contribution in [0.15, 0.2) is 140 Å². The zero-order chi connectivity index (χ0) is 27.2.